The third kappa shape index (κ3) is 3.77. The second-order valence-corrected chi connectivity index (χ2v) is 6.31. The SMILES string of the molecule is CC(CCOc1ccccc1)C(=O)NC1c2ccccc2CC1O. The Morgan fingerprint density at radius 2 is 1.92 bits per heavy atom. The van der Waals surface area contributed by atoms with Crippen LogP contribution in [-0.4, -0.2) is 23.7 Å². The summed E-state index contributed by atoms with van der Waals surface area (Å²) in [5.41, 5.74) is 2.13. The first-order valence-electron chi connectivity index (χ1n) is 8.39. The lowest BCUT2D eigenvalue weighted by Crippen LogP contribution is -2.37. The molecule has 0 saturated carbocycles. The third-order valence-electron chi connectivity index (χ3n) is 4.51. The molecule has 0 bridgehead atoms. The Bertz CT molecular complexity index is 686. The van der Waals surface area contributed by atoms with Crippen LogP contribution in [0.25, 0.3) is 0 Å². The molecule has 0 fully saturated rings. The van der Waals surface area contributed by atoms with E-state index in [1.54, 1.807) is 0 Å². The minimum atomic E-state index is -0.556. The van der Waals surface area contributed by atoms with Crippen molar-refractivity contribution < 1.29 is 14.6 Å². The van der Waals surface area contributed by atoms with Crippen LogP contribution in [0.2, 0.25) is 0 Å². The summed E-state index contributed by atoms with van der Waals surface area (Å²) in [5, 5.41) is 13.2. The monoisotopic (exact) mass is 325 g/mol. The zero-order valence-electron chi connectivity index (χ0n) is 13.8. The molecule has 1 aliphatic carbocycles. The van der Waals surface area contributed by atoms with Gasteiger partial charge in [-0.2, -0.15) is 0 Å². The van der Waals surface area contributed by atoms with E-state index in [1.165, 1.54) is 0 Å². The molecule has 2 aromatic rings. The fourth-order valence-corrected chi connectivity index (χ4v) is 3.04. The number of amides is 1. The van der Waals surface area contributed by atoms with Crippen molar-refractivity contribution in [1.82, 2.24) is 5.32 Å². The maximum absolute atomic E-state index is 12.4. The molecule has 2 aromatic carbocycles. The van der Waals surface area contributed by atoms with Crippen LogP contribution >= 0.6 is 0 Å². The number of fused-ring (bicyclic) bond motifs is 1. The lowest BCUT2D eigenvalue weighted by molar-refractivity contribution is -0.126. The van der Waals surface area contributed by atoms with Gasteiger partial charge in [-0.25, -0.2) is 0 Å². The molecule has 0 aliphatic heterocycles. The number of ether oxygens (including phenoxy) is 1. The van der Waals surface area contributed by atoms with Crippen molar-refractivity contribution >= 4 is 5.91 Å². The zero-order valence-corrected chi connectivity index (χ0v) is 13.8. The molecule has 4 nitrogen and oxygen atoms in total. The number of nitrogens with one attached hydrogen (secondary N) is 1. The van der Waals surface area contributed by atoms with Crippen molar-refractivity contribution in [1.29, 1.82) is 0 Å². The summed E-state index contributed by atoms with van der Waals surface area (Å²) < 4.78 is 5.64. The van der Waals surface area contributed by atoms with Crippen LogP contribution in [0.3, 0.4) is 0 Å². The van der Waals surface area contributed by atoms with Gasteiger partial charge in [0.25, 0.3) is 0 Å². The highest BCUT2D eigenvalue weighted by Gasteiger charge is 2.32. The van der Waals surface area contributed by atoms with E-state index in [0.29, 0.717) is 19.4 Å². The molecule has 3 unspecified atom stereocenters. The van der Waals surface area contributed by atoms with E-state index in [9.17, 15) is 9.90 Å². The van der Waals surface area contributed by atoms with Gasteiger partial charge in [0.2, 0.25) is 5.91 Å². The first-order chi connectivity index (χ1) is 11.6. The van der Waals surface area contributed by atoms with E-state index in [0.717, 1.165) is 16.9 Å². The summed E-state index contributed by atoms with van der Waals surface area (Å²) in [6.45, 7) is 2.37. The molecule has 24 heavy (non-hydrogen) atoms. The first kappa shape index (κ1) is 16.5. The van der Waals surface area contributed by atoms with E-state index in [2.05, 4.69) is 5.32 Å². The van der Waals surface area contributed by atoms with Crippen molar-refractivity contribution in [3.05, 3.63) is 65.7 Å². The maximum Gasteiger partial charge on any atom is 0.223 e. The average molecular weight is 325 g/mol. The fourth-order valence-electron chi connectivity index (χ4n) is 3.04. The van der Waals surface area contributed by atoms with E-state index >= 15 is 0 Å². The summed E-state index contributed by atoms with van der Waals surface area (Å²) in [6.07, 6.45) is 0.664. The lowest BCUT2D eigenvalue weighted by atomic mass is 10.0. The molecular weight excluding hydrogens is 302 g/mol. The minimum Gasteiger partial charge on any atom is -0.494 e. The molecule has 0 spiro atoms. The average Bonchev–Trinajstić information content (AvgIpc) is 2.91. The van der Waals surface area contributed by atoms with Gasteiger partial charge in [0, 0.05) is 12.3 Å². The fraction of sp³-hybridized carbons (Fsp3) is 0.350. The van der Waals surface area contributed by atoms with Crippen molar-refractivity contribution in [2.75, 3.05) is 6.61 Å². The molecule has 3 rings (SSSR count). The number of carbonyl (C=O) groups excluding carboxylic acids is 1. The van der Waals surface area contributed by atoms with Gasteiger partial charge in [-0.1, -0.05) is 49.4 Å². The Balaban J connectivity index is 1.51. The summed E-state index contributed by atoms with van der Waals surface area (Å²) >= 11 is 0. The van der Waals surface area contributed by atoms with Crippen LogP contribution in [0.15, 0.2) is 54.6 Å². The van der Waals surface area contributed by atoms with Gasteiger partial charge in [-0.3, -0.25) is 4.79 Å². The summed E-state index contributed by atoms with van der Waals surface area (Å²) in [6, 6.07) is 17.1. The molecule has 126 valence electrons. The number of carbonyl (C=O) groups is 1. The van der Waals surface area contributed by atoms with Gasteiger partial charge in [-0.15, -0.1) is 0 Å². The molecule has 0 saturated heterocycles. The standard InChI is InChI=1S/C20H23NO3/c1-14(11-12-24-16-8-3-2-4-9-16)20(23)21-19-17-10-6-5-7-15(17)13-18(19)22/h2-10,14,18-19,22H,11-13H2,1H3,(H,21,23). The van der Waals surface area contributed by atoms with Gasteiger partial charge < -0.3 is 15.2 Å². The second kappa shape index (κ2) is 7.49. The summed E-state index contributed by atoms with van der Waals surface area (Å²) in [5.74, 6) is 0.589. The molecule has 4 heteroatoms. The molecule has 0 radical (unpaired) electrons. The van der Waals surface area contributed by atoms with E-state index < -0.39 is 6.10 Å². The second-order valence-electron chi connectivity index (χ2n) is 6.31. The molecule has 2 N–H and O–H groups in total. The smallest absolute Gasteiger partial charge is 0.223 e. The van der Waals surface area contributed by atoms with Crippen LogP contribution in [0.4, 0.5) is 0 Å². The lowest BCUT2D eigenvalue weighted by Gasteiger charge is -2.20. The Hall–Kier alpha value is -2.33. The highest BCUT2D eigenvalue weighted by molar-refractivity contribution is 5.79. The van der Waals surface area contributed by atoms with E-state index in [4.69, 9.17) is 4.74 Å². The number of hydrogen-bond acceptors (Lipinski definition) is 3. The Labute approximate surface area is 142 Å². The highest BCUT2D eigenvalue weighted by atomic mass is 16.5. The van der Waals surface area contributed by atoms with Gasteiger partial charge in [0.1, 0.15) is 5.75 Å². The van der Waals surface area contributed by atoms with Crippen molar-refractivity contribution in [2.24, 2.45) is 5.92 Å². The van der Waals surface area contributed by atoms with Gasteiger partial charge in [0.15, 0.2) is 0 Å². The van der Waals surface area contributed by atoms with Crippen LogP contribution in [-0.2, 0) is 11.2 Å². The molecule has 1 aliphatic rings. The Kier molecular flexibility index (Phi) is 5.16. The first-order valence-corrected chi connectivity index (χ1v) is 8.39. The Morgan fingerprint density at radius 3 is 2.71 bits per heavy atom. The zero-order chi connectivity index (χ0) is 16.9. The molecular formula is C20H23NO3. The number of benzene rings is 2. The summed E-state index contributed by atoms with van der Waals surface area (Å²) in [7, 11) is 0. The minimum absolute atomic E-state index is 0.0487. The van der Waals surface area contributed by atoms with Crippen molar-refractivity contribution in [3.8, 4) is 5.75 Å². The van der Waals surface area contributed by atoms with Crippen molar-refractivity contribution in [2.45, 2.75) is 31.9 Å². The van der Waals surface area contributed by atoms with Crippen molar-refractivity contribution in [3.63, 3.8) is 0 Å². The van der Waals surface area contributed by atoms with Crippen LogP contribution in [0.1, 0.15) is 30.5 Å². The Morgan fingerprint density at radius 1 is 1.21 bits per heavy atom. The third-order valence-corrected chi connectivity index (χ3v) is 4.51. The predicted octanol–water partition coefficient (Wildman–Crippen LogP) is 2.87. The quantitative estimate of drug-likeness (QED) is 0.858. The van der Waals surface area contributed by atoms with E-state index in [-0.39, 0.29) is 17.9 Å². The number of aliphatic hydroxyl groups excluding tert-OH is 1. The van der Waals surface area contributed by atoms with Crippen LogP contribution in [0.5, 0.6) is 5.75 Å². The van der Waals surface area contributed by atoms with Gasteiger partial charge >= 0.3 is 0 Å². The molecule has 1 amide bonds. The van der Waals surface area contributed by atoms with Gasteiger partial charge in [0.05, 0.1) is 18.8 Å². The van der Waals surface area contributed by atoms with Crippen LogP contribution in [0, 0.1) is 5.92 Å². The molecule has 3 atom stereocenters. The largest absolute Gasteiger partial charge is 0.494 e. The topological polar surface area (TPSA) is 58.6 Å². The molecule has 0 heterocycles. The number of aliphatic hydroxyl groups is 1. The number of hydrogen-bond donors (Lipinski definition) is 2. The van der Waals surface area contributed by atoms with Gasteiger partial charge in [-0.05, 0) is 29.7 Å². The number of para-hydroxylation sites is 1. The maximum atomic E-state index is 12.4. The highest BCUT2D eigenvalue weighted by Crippen LogP contribution is 2.31. The normalized spacial score (nSPS) is 20.2. The van der Waals surface area contributed by atoms with E-state index in [1.807, 2.05) is 61.5 Å². The van der Waals surface area contributed by atoms with Crippen LogP contribution < -0.4 is 10.1 Å². The summed E-state index contributed by atoms with van der Waals surface area (Å²) in [4.78, 5) is 12.4. The number of rotatable bonds is 6. The molecule has 0 aromatic heterocycles. The predicted molar refractivity (Wildman–Crippen MR) is 92.8 cm³/mol.